The molecular formula is C22H25N5O4. The number of nitro groups is 1. The molecule has 1 heterocycles. The number of hydrogen-bond donors (Lipinski definition) is 0. The largest absolute Gasteiger partial charge is 0.497 e. The molecule has 1 unspecified atom stereocenters. The molecule has 9 nitrogen and oxygen atoms in total. The summed E-state index contributed by atoms with van der Waals surface area (Å²) in [5, 5.41) is 19.2. The van der Waals surface area contributed by atoms with Crippen LogP contribution in [0.2, 0.25) is 0 Å². The van der Waals surface area contributed by atoms with Crippen LogP contribution in [0.15, 0.2) is 48.5 Å². The number of rotatable bonds is 8. The van der Waals surface area contributed by atoms with Crippen LogP contribution in [0.3, 0.4) is 0 Å². The van der Waals surface area contributed by atoms with Crippen molar-refractivity contribution < 1.29 is 14.5 Å². The normalized spacial score (nSPS) is 11.7. The maximum Gasteiger partial charge on any atom is 0.276 e. The zero-order valence-corrected chi connectivity index (χ0v) is 18.0. The van der Waals surface area contributed by atoms with Gasteiger partial charge in [-0.3, -0.25) is 14.9 Å². The molecule has 0 aliphatic heterocycles. The SMILES string of the molecule is CCN(C(=O)c1nnn(-c2cccc([N+](=O)[O-])c2)c1C)C(C)Cc1ccc(OC)cc1. The van der Waals surface area contributed by atoms with E-state index < -0.39 is 4.92 Å². The summed E-state index contributed by atoms with van der Waals surface area (Å²) in [7, 11) is 1.62. The van der Waals surface area contributed by atoms with E-state index >= 15 is 0 Å². The highest BCUT2D eigenvalue weighted by Gasteiger charge is 2.26. The Bertz CT molecular complexity index is 1080. The molecule has 0 saturated heterocycles. The van der Waals surface area contributed by atoms with Crippen LogP contribution in [0.5, 0.6) is 5.75 Å². The number of benzene rings is 2. The van der Waals surface area contributed by atoms with Crippen molar-refractivity contribution in [1.82, 2.24) is 19.9 Å². The third kappa shape index (κ3) is 4.71. The maximum atomic E-state index is 13.2. The number of hydrogen-bond acceptors (Lipinski definition) is 6. The number of non-ortho nitro benzene ring substituents is 1. The van der Waals surface area contributed by atoms with Crippen molar-refractivity contribution in [2.45, 2.75) is 33.2 Å². The molecule has 31 heavy (non-hydrogen) atoms. The van der Waals surface area contributed by atoms with Crippen molar-refractivity contribution >= 4 is 11.6 Å². The fourth-order valence-corrected chi connectivity index (χ4v) is 3.51. The molecule has 0 saturated carbocycles. The van der Waals surface area contributed by atoms with Crippen LogP contribution in [-0.2, 0) is 6.42 Å². The molecular weight excluding hydrogens is 398 g/mol. The van der Waals surface area contributed by atoms with Gasteiger partial charge in [-0.15, -0.1) is 5.10 Å². The zero-order chi connectivity index (χ0) is 22.5. The summed E-state index contributed by atoms with van der Waals surface area (Å²) in [4.78, 5) is 25.6. The number of likely N-dealkylation sites (N-methyl/N-ethyl adjacent to an activating group) is 1. The second-order valence-corrected chi connectivity index (χ2v) is 7.20. The Labute approximate surface area is 180 Å². The van der Waals surface area contributed by atoms with Crippen LogP contribution < -0.4 is 4.74 Å². The number of nitro benzene ring substituents is 1. The van der Waals surface area contributed by atoms with Crippen LogP contribution in [0, 0.1) is 17.0 Å². The van der Waals surface area contributed by atoms with Gasteiger partial charge in [-0.2, -0.15) is 0 Å². The number of amides is 1. The maximum absolute atomic E-state index is 13.2. The Morgan fingerprint density at radius 1 is 1.26 bits per heavy atom. The fourth-order valence-electron chi connectivity index (χ4n) is 3.51. The highest BCUT2D eigenvalue weighted by atomic mass is 16.6. The molecule has 0 aliphatic rings. The summed E-state index contributed by atoms with van der Waals surface area (Å²) in [6, 6.07) is 13.8. The average Bonchev–Trinajstić information content (AvgIpc) is 3.16. The van der Waals surface area contributed by atoms with E-state index in [0.29, 0.717) is 24.3 Å². The van der Waals surface area contributed by atoms with Crippen LogP contribution in [0.4, 0.5) is 5.69 Å². The summed E-state index contributed by atoms with van der Waals surface area (Å²) in [5.41, 5.74) is 2.28. The Balaban J connectivity index is 1.82. The number of nitrogens with zero attached hydrogens (tertiary/aromatic N) is 5. The zero-order valence-electron chi connectivity index (χ0n) is 18.0. The minimum absolute atomic E-state index is 0.0522. The van der Waals surface area contributed by atoms with Gasteiger partial charge in [0.15, 0.2) is 5.69 Å². The standard InChI is InChI=1S/C22H25N5O4/c1-5-25(15(2)13-17-9-11-20(31-4)12-10-17)22(28)21-16(3)26(24-23-21)18-7-6-8-19(14-18)27(29)30/h6-12,14-15H,5,13H2,1-4H3. The summed E-state index contributed by atoms with van der Waals surface area (Å²) in [5.74, 6) is 0.561. The van der Waals surface area contributed by atoms with E-state index in [1.54, 1.807) is 31.1 Å². The minimum atomic E-state index is -0.471. The number of ether oxygens (including phenoxy) is 1. The summed E-state index contributed by atoms with van der Waals surface area (Å²) in [6.45, 7) is 6.15. The van der Waals surface area contributed by atoms with Gasteiger partial charge >= 0.3 is 0 Å². The van der Waals surface area contributed by atoms with Gasteiger partial charge in [0.25, 0.3) is 11.6 Å². The van der Waals surface area contributed by atoms with E-state index in [-0.39, 0.29) is 23.3 Å². The van der Waals surface area contributed by atoms with Gasteiger partial charge in [-0.05, 0) is 51.0 Å². The molecule has 162 valence electrons. The third-order valence-electron chi connectivity index (χ3n) is 5.21. The molecule has 9 heteroatoms. The van der Waals surface area contributed by atoms with E-state index in [1.165, 1.54) is 16.8 Å². The first-order valence-corrected chi connectivity index (χ1v) is 9.96. The van der Waals surface area contributed by atoms with Crippen LogP contribution in [0.25, 0.3) is 5.69 Å². The Morgan fingerprint density at radius 2 is 1.97 bits per heavy atom. The highest BCUT2D eigenvalue weighted by Crippen LogP contribution is 2.20. The van der Waals surface area contributed by atoms with Crippen molar-refractivity contribution in [3.63, 3.8) is 0 Å². The van der Waals surface area contributed by atoms with Gasteiger partial charge in [0.2, 0.25) is 0 Å². The predicted octanol–water partition coefficient (Wildman–Crippen LogP) is 3.59. The second kappa shape index (κ2) is 9.38. The topological polar surface area (TPSA) is 103 Å². The lowest BCUT2D eigenvalue weighted by atomic mass is 10.1. The molecule has 0 spiro atoms. The van der Waals surface area contributed by atoms with Crippen molar-refractivity contribution in [2.24, 2.45) is 0 Å². The second-order valence-electron chi connectivity index (χ2n) is 7.20. The minimum Gasteiger partial charge on any atom is -0.497 e. The molecule has 0 aliphatic carbocycles. The third-order valence-corrected chi connectivity index (χ3v) is 5.21. The van der Waals surface area contributed by atoms with E-state index in [9.17, 15) is 14.9 Å². The van der Waals surface area contributed by atoms with Crippen LogP contribution in [0.1, 0.15) is 35.6 Å². The Morgan fingerprint density at radius 3 is 2.58 bits per heavy atom. The molecule has 2 aromatic carbocycles. The predicted molar refractivity (Wildman–Crippen MR) is 116 cm³/mol. The number of methoxy groups -OCH3 is 1. The molecule has 1 aromatic heterocycles. The van der Waals surface area contributed by atoms with E-state index in [1.807, 2.05) is 38.1 Å². The molecule has 0 fully saturated rings. The van der Waals surface area contributed by atoms with Crippen molar-refractivity contribution in [3.05, 3.63) is 75.6 Å². The monoisotopic (exact) mass is 423 g/mol. The smallest absolute Gasteiger partial charge is 0.276 e. The van der Waals surface area contributed by atoms with Crippen molar-refractivity contribution in [2.75, 3.05) is 13.7 Å². The van der Waals surface area contributed by atoms with Gasteiger partial charge in [-0.25, -0.2) is 4.68 Å². The molecule has 3 aromatic rings. The molecule has 3 rings (SSSR count). The highest BCUT2D eigenvalue weighted by molar-refractivity contribution is 5.93. The molecule has 0 radical (unpaired) electrons. The number of carbonyl (C=O) groups excluding carboxylic acids is 1. The van der Waals surface area contributed by atoms with Crippen molar-refractivity contribution in [1.29, 1.82) is 0 Å². The quantitative estimate of drug-likeness (QED) is 0.405. The summed E-state index contributed by atoms with van der Waals surface area (Å²) < 4.78 is 6.64. The van der Waals surface area contributed by atoms with Gasteiger partial charge in [-0.1, -0.05) is 23.4 Å². The van der Waals surface area contributed by atoms with Gasteiger partial charge in [0, 0.05) is 24.7 Å². The Hall–Kier alpha value is -3.75. The van der Waals surface area contributed by atoms with E-state index in [2.05, 4.69) is 10.3 Å². The van der Waals surface area contributed by atoms with E-state index in [0.717, 1.165) is 11.3 Å². The molecule has 1 atom stereocenters. The molecule has 1 amide bonds. The first-order valence-electron chi connectivity index (χ1n) is 9.96. The average molecular weight is 423 g/mol. The first kappa shape index (κ1) is 21.9. The molecule has 0 bridgehead atoms. The molecule has 0 N–H and O–H groups in total. The Kier molecular flexibility index (Phi) is 6.64. The lowest BCUT2D eigenvalue weighted by molar-refractivity contribution is -0.384. The van der Waals surface area contributed by atoms with E-state index in [4.69, 9.17) is 4.74 Å². The number of aromatic nitrogens is 3. The lowest BCUT2D eigenvalue weighted by Gasteiger charge is -2.27. The summed E-state index contributed by atoms with van der Waals surface area (Å²) >= 11 is 0. The summed E-state index contributed by atoms with van der Waals surface area (Å²) in [6.07, 6.45) is 0.682. The van der Waals surface area contributed by atoms with Crippen LogP contribution >= 0.6 is 0 Å². The fraction of sp³-hybridized carbons (Fsp3) is 0.318. The number of carbonyl (C=O) groups is 1. The van der Waals surface area contributed by atoms with Gasteiger partial charge < -0.3 is 9.64 Å². The van der Waals surface area contributed by atoms with Crippen molar-refractivity contribution in [3.8, 4) is 11.4 Å². The van der Waals surface area contributed by atoms with Gasteiger partial charge in [0.05, 0.1) is 23.4 Å². The van der Waals surface area contributed by atoms with Gasteiger partial charge in [0.1, 0.15) is 5.75 Å². The van der Waals surface area contributed by atoms with Crippen LogP contribution in [-0.4, -0.2) is 50.4 Å². The lowest BCUT2D eigenvalue weighted by Crippen LogP contribution is -2.40. The first-order chi connectivity index (χ1) is 14.8.